The van der Waals surface area contributed by atoms with E-state index in [0.717, 1.165) is 18.2 Å². The molecule has 0 aliphatic heterocycles. The molecule has 0 spiro atoms. The summed E-state index contributed by atoms with van der Waals surface area (Å²) in [5.41, 5.74) is -5.12. The van der Waals surface area contributed by atoms with Gasteiger partial charge >= 0.3 is 5.51 Å². The molecule has 0 heterocycles. The third kappa shape index (κ3) is 7.73. The van der Waals surface area contributed by atoms with E-state index in [-0.39, 0.29) is 22.1 Å². The summed E-state index contributed by atoms with van der Waals surface area (Å²) in [6.45, 7) is 2.08. The van der Waals surface area contributed by atoms with Gasteiger partial charge in [-0.3, -0.25) is 4.79 Å². The van der Waals surface area contributed by atoms with E-state index in [1.165, 1.54) is 6.07 Å². The van der Waals surface area contributed by atoms with E-state index in [4.69, 9.17) is 47.0 Å². The van der Waals surface area contributed by atoms with E-state index < -0.39 is 36.1 Å². The number of halogens is 7. The molecule has 1 unspecified atom stereocenters. The van der Waals surface area contributed by atoms with E-state index in [2.05, 4.69) is 37.2 Å². The van der Waals surface area contributed by atoms with Gasteiger partial charge in [-0.15, -0.1) is 0 Å². The number of rotatable bonds is 7. The smallest absolute Gasteiger partial charge is 0.384 e. The van der Waals surface area contributed by atoms with Gasteiger partial charge in [0, 0.05) is 11.0 Å². The molecule has 7 nitrogen and oxygen atoms in total. The first kappa shape index (κ1) is 29.7. The zero-order chi connectivity index (χ0) is 26.6. The molecule has 16 heteroatoms. The third-order valence-corrected chi connectivity index (χ3v) is 7.27. The molecule has 2 rings (SSSR count). The number of carbonyl (C=O) groups is 1. The second-order valence-corrected chi connectivity index (χ2v) is 12.3. The van der Waals surface area contributed by atoms with Crippen molar-refractivity contribution >= 4 is 95.2 Å². The van der Waals surface area contributed by atoms with Crippen LogP contribution in [0.25, 0.3) is 0 Å². The molecule has 0 saturated heterocycles. The summed E-state index contributed by atoms with van der Waals surface area (Å²) in [7, 11) is -5.62. The van der Waals surface area contributed by atoms with E-state index >= 15 is 0 Å². The zero-order valence-electron chi connectivity index (χ0n) is 17.5. The number of hydrogen-bond acceptors (Lipinski definition) is 5. The fraction of sp³-hybridized carbons (Fsp3) is 0.263. The van der Waals surface area contributed by atoms with Gasteiger partial charge in [-0.25, -0.2) is 8.42 Å². The SMILES string of the molecule is CCNc1ccc(S(=O)(=O)C(F)(F)F)cc1NC(=S)NC(NC(=O)c1ccccc1Br)C(Cl)(Cl)Cl. The highest BCUT2D eigenvalue weighted by Gasteiger charge is 2.47. The Morgan fingerprint density at radius 2 is 1.71 bits per heavy atom. The molecule has 192 valence electrons. The van der Waals surface area contributed by atoms with Crippen LogP contribution in [-0.4, -0.2) is 41.4 Å². The quantitative estimate of drug-likeness (QED) is 0.175. The molecule has 0 radical (unpaired) electrons. The van der Waals surface area contributed by atoms with Crippen LogP contribution in [-0.2, 0) is 9.84 Å². The van der Waals surface area contributed by atoms with Gasteiger partial charge < -0.3 is 21.3 Å². The number of anilines is 2. The second kappa shape index (κ2) is 11.7. The van der Waals surface area contributed by atoms with Crippen LogP contribution in [0.1, 0.15) is 17.3 Å². The van der Waals surface area contributed by atoms with Crippen molar-refractivity contribution < 1.29 is 26.4 Å². The maximum Gasteiger partial charge on any atom is 0.501 e. The highest BCUT2D eigenvalue weighted by molar-refractivity contribution is 9.10. The fourth-order valence-electron chi connectivity index (χ4n) is 2.62. The van der Waals surface area contributed by atoms with Gasteiger partial charge in [-0.05, 0) is 65.4 Å². The normalized spacial score (nSPS) is 13.0. The van der Waals surface area contributed by atoms with Gasteiger partial charge in [-0.1, -0.05) is 46.9 Å². The third-order valence-electron chi connectivity index (χ3n) is 4.22. The summed E-state index contributed by atoms with van der Waals surface area (Å²) in [6.07, 6.45) is -1.39. The number of thiocarbonyl (C=S) groups is 1. The Balaban J connectivity index is 2.31. The molecule has 0 saturated carbocycles. The number of amides is 1. The van der Waals surface area contributed by atoms with Crippen LogP contribution in [0.15, 0.2) is 51.8 Å². The molecule has 2 aromatic rings. The Kier molecular flexibility index (Phi) is 9.93. The number of alkyl halides is 6. The summed E-state index contributed by atoms with van der Waals surface area (Å²) in [4.78, 5) is 11.6. The van der Waals surface area contributed by atoms with Crippen LogP contribution in [0.5, 0.6) is 0 Å². The molecule has 1 atom stereocenters. The molecule has 2 aromatic carbocycles. The van der Waals surface area contributed by atoms with Crippen molar-refractivity contribution in [2.24, 2.45) is 0 Å². The Morgan fingerprint density at radius 1 is 1.09 bits per heavy atom. The zero-order valence-corrected chi connectivity index (χ0v) is 23.0. The average molecular weight is 657 g/mol. The van der Waals surface area contributed by atoms with Crippen molar-refractivity contribution in [3.63, 3.8) is 0 Å². The van der Waals surface area contributed by atoms with Crippen LogP contribution >= 0.6 is 63.0 Å². The van der Waals surface area contributed by atoms with Gasteiger partial charge in [-0.2, -0.15) is 13.2 Å². The molecule has 4 N–H and O–H groups in total. The largest absolute Gasteiger partial charge is 0.501 e. The number of hydrogen-bond donors (Lipinski definition) is 4. The lowest BCUT2D eigenvalue weighted by Crippen LogP contribution is -2.56. The van der Waals surface area contributed by atoms with Gasteiger partial charge in [0.25, 0.3) is 15.7 Å². The molecule has 0 aliphatic rings. The first-order chi connectivity index (χ1) is 16.1. The lowest BCUT2D eigenvalue weighted by Gasteiger charge is -2.28. The number of carbonyl (C=O) groups excluding carboxylic acids is 1. The minimum atomic E-state index is -5.62. The summed E-state index contributed by atoms with van der Waals surface area (Å²) in [5.74, 6) is -0.629. The molecule has 0 bridgehead atoms. The molecule has 0 aromatic heterocycles. The van der Waals surface area contributed by atoms with Crippen LogP contribution < -0.4 is 21.3 Å². The van der Waals surface area contributed by atoms with Crippen molar-refractivity contribution in [2.45, 2.75) is 27.3 Å². The monoisotopic (exact) mass is 654 g/mol. The molecule has 35 heavy (non-hydrogen) atoms. The molecular weight excluding hydrogens is 640 g/mol. The highest BCUT2D eigenvalue weighted by Crippen LogP contribution is 2.34. The van der Waals surface area contributed by atoms with Gasteiger partial charge in [0.15, 0.2) is 5.11 Å². The summed E-state index contributed by atoms with van der Waals surface area (Å²) < 4.78 is 61.0. The topological polar surface area (TPSA) is 99.3 Å². The molecule has 0 fully saturated rings. The minimum absolute atomic E-state index is 0.102. The summed E-state index contributed by atoms with van der Waals surface area (Å²) in [6, 6.07) is 9.18. The number of benzene rings is 2. The second-order valence-electron chi connectivity index (χ2n) is 6.71. The maximum absolute atomic E-state index is 13.0. The first-order valence-electron chi connectivity index (χ1n) is 9.46. The summed E-state index contributed by atoms with van der Waals surface area (Å²) >= 11 is 26.3. The Morgan fingerprint density at radius 3 is 2.26 bits per heavy atom. The van der Waals surface area contributed by atoms with Crippen molar-refractivity contribution in [3.8, 4) is 0 Å². The van der Waals surface area contributed by atoms with Crippen molar-refractivity contribution in [2.75, 3.05) is 17.2 Å². The van der Waals surface area contributed by atoms with E-state index in [9.17, 15) is 26.4 Å². The fourth-order valence-corrected chi connectivity index (χ4v) is 4.42. The Bertz CT molecular complexity index is 1210. The van der Waals surface area contributed by atoms with Gasteiger partial charge in [0.2, 0.25) is 3.79 Å². The van der Waals surface area contributed by atoms with Crippen LogP contribution in [0.4, 0.5) is 24.5 Å². The Hall–Kier alpha value is -1.51. The number of nitrogens with one attached hydrogen (secondary N) is 4. The van der Waals surface area contributed by atoms with Crippen molar-refractivity contribution in [3.05, 3.63) is 52.5 Å². The highest BCUT2D eigenvalue weighted by atomic mass is 79.9. The van der Waals surface area contributed by atoms with Gasteiger partial charge in [0.1, 0.15) is 6.17 Å². The van der Waals surface area contributed by atoms with Crippen molar-refractivity contribution in [1.82, 2.24) is 10.6 Å². The Labute approximate surface area is 228 Å². The standard InChI is InChI=1S/C19H17BrCl3F3N4O3S2/c1-2-27-13-8-7-10(35(32,33)19(24,25)26)9-14(13)28-17(34)30-16(18(21,22)23)29-15(31)11-5-3-4-6-12(11)20/h3-9,16,27H,2H2,1H3,(H,29,31)(H2,28,30,34). The predicted octanol–water partition coefficient (Wildman–Crippen LogP) is 5.59. The minimum Gasteiger partial charge on any atom is -0.384 e. The molecular formula is C19H17BrCl3F3N4O3S2. The molecule has 1 amide bonds. The van der Waals surface area contributed by atoms with Gasteiger partial charge in [0.05, 0.1) is 21.8 Å². The maximum atomic E-state index is 13.0. The molecule has 0 aliphatic carbocycles. The van der Waals surface area contributed by atoms with E-state index in [1.807, 2.05) is 0 Å². The van der Waals surface area contributed by atoms with E-state index in [0.29, 0.717) is 11.0 Å². The number of sulfone groups is 1. The first-order valence-corrected chi connectivity index (χ1v) is 13.3. The van der Waals surface area contributed by atoms with Crippen LogP contribution in [0, 0.1) is 0 Å². The summed E-state index contributed by atoms with van der Waals surface area (Å²) in [5, 5.41) is 10.2. The van der Waals surface area contributed by atoms with Crippen molar-refractivity contribution in [1.29, 1.82) is 0 Å². The lowest BCUT2D eigenvalue weighted by atomic mass is 10.2. The van der Waals surface area contributed by atoms with Crippen LogP contribution in [0.2, 0.25) is 0 Å². The lowest BCUT2D eigenvalue weighted by molar-refractivity contribution is -0.0436. The van der Waals surface area contributed by atoms with E-state index in [1.54, 1.807) is 25.1 Å². The average Bonchev–Trinajstić information content (AvgIpc) is 2.73. The van der Waals surface area contributed by atoms with Crippen LogP contribution in [0.3, 0.4) is 0 Å². The predicted molar refractivity (Wildman–Crippen MR) is 139 cm³/mol.